The number of benzene rings is 1. The summed E-state index contributed by atoms with van der Waals surface area (Å²) in [5.74, 6) is 0.836. The summed E-state index contributed by atoms with van der Waals surface area (Å²) in [6, 6.07) is 9.47. The first-order valence-electron chi connectivity index (χ1n) is 10.4. The third-order valence-electron chi connectivity index (χ3n) is 5.87. The number of morpholine rings is 1. The molecule has 0 unspecified atom stereocenters. The van der Waals surface area contributed by atoms with E-state index in [-0.39, 0.29) is 17.6 Å². The number of halogens is 1. The predicted molar refractivity (Wildman–Crippen MR) is 116 cm³/mol. The normalized spacial score (nSPS) is 17.8. The molecule has 0 N–H and O–H groups in total. The molecule has 0 bridgehead atoms. The molecule has 2 aromatic rings. The van der Waals surface area contributed by atoms with Gasteiger partial charge in [0.15, 0.2) is 5.78 Å². The summed E-state index contributed by atoms with van der Waals surface area (Å²) >= 11 is 6.49. The summed E-state index contributed by atoms with van der Waals surface area (Å²) in [7, 11) is 0. The van der Waals surface area contributed by atoms with Gasteiger partial charge in [0.1, 0.15) is 5.82 Å². The van der Waals surface area contributed by atoms with Gasteiger partial charge in [-0.2, -0.15) is 0 Å². The number of anilines is 1. The Bertz CT molecular complexity index is 918. The molecule has 30 heavy (non-hydrogen) atoms. The lowest BCUT2D eigenvalue weighted by atomic mass is 9.88. The molecule has 158 valence electrons. The SMILES string of the molecule is Cc1ccc(C(=O)C2CCN(c3ncc(C(=O)N4CCOCC4)cc3Cl)CC2)cc1. The Morgan fingerprint density at radius 1 is 1.03 bits per heavy atom. The van der Waals surface area contributed by atoms with Crippen molar-refractivity contribution in [2.24, 2.45) is 5.92 Å². The van der Waals surface area contributed by atoms with Crippen LogP contribution in [0.5, 0.6) is 0 Å². The zero-order valence-electron chi connectivity index (χ0n) is 17.1. The topological polar surface area (TPSA) is 62.7 Å². The molecule has 2 saturated heterocycles. The van der Waals surface area contributed by atoms with E-state index in [1.54, 1.807) is 17.2 Å². The van der Waals surface area contributed by atoms with E-state index in [1.165, 1.54) is 0 Å². The van der Waals surface area contributed by atoms with Crippen molar-refractivity contribution in [3.8, 4) is 0 Å². The number of carbonyl (C=O) groups excluding carboxylic acids is 2. The number of aryl methyl sites for hydroxylation is 1. The van der Waals surface area contributed by atoms with Crippen molar-refractivity contribution in [1.82, 2.24) is 9.88 Å². The van der Waals surface area contributed by atoms with Crippen LogP contribution in [0.15, 0.2) is 36.5 Å². The Labute approximate surface area is 181 Å². The van der Waals surface area contributed by atoms with Gasteiger partial charge in [0, 0.05) is 43.9 Å². The molecular weight excluding hydrogens is 402 g/mol. The molecule has 2 aliphatic heterocycles. The highest BCUT2D eigenvalue weighted by Crippen LogP contribution is 2.30. The van der Waals surface area contributed by atoms with Crippen molar-refractivity contribution in [2.75, 3.05) is 44.3 Å². The third-order valence-corrected chi connectivity index (χ3v) is 6.15. The fourth-order valence-corrected chi connectivity index (χ4v) is 4.32. The van der Waals surface area contributed by atoms with Crippen LogP contribution in [0.3, 0.4) is 0 Å². The van der Waals surface area contributed by atoms with Gasteiger partial charge in [0.2, 0.25) is 0 Å². The van der Waals surface area contributed by atoms with Gasteiger partial charge >= 0.3 is 0 Å². The Morgan fingerprint density at radius 2 is 1.70 bits per heavy atom. The Kier molecular flexibility index (Phi) is 6.35. The lowest BCUT2D eigenvalue weighted by molar-refractivity contribution is 0.0302. The van der Waals surface area contributed by atoms with Crippen molar-refractivity contribution >= 4 is 29.1 Å². The van der Waals surface area contributed by atoms with E-state index >= 15 is 0 Å². The van der Waals surface area contributed by atoms with E-state index in [9.17, 15) is 9.59 Å². The molecule has 1 aromatic carbocycles. The minimum absolute atomic E-state index is 0.0184. The summed E-state index contributed by atoms with van der Waals surface area (Å²) in [5.41, 5.74) is 2.42. The first kappa shape index (κ1) is 20.8. The van der Waals surface area contributed by atoms with Gasteiger partial charge in [0.05, 0.1) is 23.8 Å². The first-order chi connectivity index (χ1) is 14.5. The number of amides is 1. The number of ether oxygens (including phenoxy) is 1. The van der Waals surface area contributed by atoms with Crippen molar-refractivity contribution in [2.45, 2.75) is 19.8 Å². The number of carbonyl (C=O) groups is 2. The smallest absolute Gasteiger partial charge is 0.255 e. The van der Waals surface area contributed by atoms with Crippen molar-refractivity contribution in [3.05, 3.63) is 58.2 Å². The molecule has 1 aromatic heterocycles. The van der Waals surface area contributed by atoms with Crippen LogP contribution in [0.25, 0.3) is 0 Å². The van der Waals surface area contributed by atoms with Crippen LogP contribution < -0.4 is 4.90 Å². The average molecular weight is 428 g/mol. The molecule has 0 saturated carbocycles. The van der Waals surface area contributed by atoms with Gasteiger partial charge in [-0.3, -0.25) is 9.59 Å². The molecule has 2 aliphatic rings. The highest BCUT2D eigenvalue weighted by molar-refractivity contribution is 6.33. The van der Waals surface area contributed by atoms with Crippen molar-refractivity contribution in [1.29, 1.82) is 0 Å². The molecular formula is C23H26ClN3O3. The molecule has 0 radical (unpaired) electrons. The second kappa shape index (κ2) is 9.14. The molecule has 2 fully saturated rings. The van der Waals surface area contributed by atoms with Crippen molar-refractivity contribution in [3.63, 3.8) is 0 Å². The number of ketones is 1. The van der Waals surface area contributed by atoms with Crippen LogP contribution in [0.1, 0.15) is 39.1 Å². The summed E-state index contributed by atoms with van der Waals surface area (Å²) in [4.78, 5) is 33.8. The van der Waals surface area contributed by atoms with Gasteiger partial charge in [-0.15, -0.1) is 0 Å². The third kappa shape index (κ3) is 4.50. The van der Waals surface area contributed by atoms with Crippen LogP contribution in [-0.2, 0) is 4.74 Å². The quantitative estimate of drug-likeness (QED) is 0.697. The first-order valence-corrected chi connectivity index (χ1v) is 10.8. The predicted octanol–water partition coefficient (Wildman–Crippen LogP) is 3.62. The number of hydrogen-bond acceptors (Lipinski definition) is 5. The van der Waals surface area contributed by atoms with Gasteiger partial charge in [-0.05, 0) is 25.8 Å². The Hall–Kier alpha value is -2.44. The van der Waals surface area contributed by atoms with Crippen LogP contribution >= 0.6 is 11.6 Å². The minimum Gasteiger partial charge on any atom is -0.378 e. The number of pyridine rings is 1. The maximum atomic E-state index is 12.8. The van der Waals surface area contributed by atoms with E-state index in [0.717, 1.165) is 24.0 Å². The zero-order chi connectivity index (χ0) is 21.1. The summed E-state index contributed by atoms with van der Waals surface area (Å²) < 4.78 is 5.30. The molecule has 0 spiro atoms. The maximum Gasteiger partial charge on any atom is 0.255 e. The molecule has 3 heterocycles. The minimum atomic E-state index is -0.0679. The maximum absolute atomic E-state index is 12.8. The zero-order valence-corrected chi connectivity index (χ0v) is 17.9. The van der Waals surface area contributed by atoms with E-state index in [2.05, 4.69) is 9.88 Å². The summed E-state index contributed by atoms with van der Waals surface area (Å²) in [6.45, 7) is 5.73. The summed E-state index contributed by atoms with van der Waals surface area (Å²) in [6.07, 6.45) is 3.13. The largest absolute Gasteiger partial charge is 0.378 e. The molecule has 1 amide bonds. The second-order valence-electron chi connectivity index (χ2n) is 7.93. The van der Waals surface area contributed by atoms with Crippen LogP contribution in [0, 0.1) is 12.8 Å². The average Bonchev–Trinajstić information content (AvgIpc) is 2.79. The van der Waals surface area contributed by atoms with Gasteiger partial charge < -0.3 is 14.5 Å². The number of rotatable bonds is 4. The van der Waals surface area contributed by atoms with E-state index in [4.69, 9.17) is 16.3 Å². The molecule has 4 rings (SSSR count). The lowest BCUT2D eigenvalue weighted by Crippen LogP contribution is -2.41. The van der Waals surface area contributed by atoms with Crippen LogP contribution in [-0.4, -0.2) is 61.0 Å². The van der Waals surface area contributed by atoms with E-state index < -0.39 is 0 Å². The molecule has 0 aliphatic carbocycles. The van der Waals surface area contributed by atoms with Crippen molar-refractivity contribution < 1.29 is 14.3 Å². The van der Waals surface area contributed by atoms with Gasteiger partial charge in [-0.1, -0.05) is 41.4 Å². The van der Waals surface area contributed by atoms with Crippen LogP contribution in [0.2, 0.25) is 5.02 Å². The number of Topliss-reactive ketones (excluding diaryl/α,β-unsaturated/α-hetero) is 1. The molecule has 0 atom stereocenters. The lowest BCUT2D eigenvalue weighted by Gasteiger charge is -2.33. The van der Waals surface area contributed by atoms with E-state index in [1.807, 2.05) is 31.2 Å². The molecule has 6 nitrogen and oxygen atoms in total. The van der Waals surface area contributed by atoms with Gasteiger partial charge in [0.25, 0.3) is 5.91 Å². The Morgan fingerprint density at radius 3 is 2.33 bits per heavy atom. The number of nitrogens with zero attached hydrogens (tertiary/aromatic N) is 3. The fourth-order valence-electron chi connectivity index (χ4n) is 4.04. The standard InChI is InChI=1S/C23H26ClN3O3/c1-16-2-4-17(5-3-16)21(28)18-6-8-26(9-7-18)22-20(24)14-19(15-25-22)23(29)27-10-12-30-13-11-27/h2-5,14-15,18H,6-13H2,1H3. The summed E-state index contributed by atoms with van der Waals surface area (Å²) in [5, 5.41) is 0.470. The van der Waals surface area contributed by atoms with Crippen LogP contribution in [0.4, 0.5) is 5.82 Å². The Balaban J connectivity index is 1.39. The number of piperidine rings is 1. The fraction of sp³-hybridized carbons (Fsp3) is 0.435. The van der Waals surface area contributed by atoms with E-state index in [0.29, 0.717) is 55.8 Å². The molecule has 7 heteroatoms. The number of aromatic nitrogens is 1. The number of hydrogen-bond donors (Lipinski definition) is 0. The van der Waals surface area contributed by atoms with Gasteiger partial charge in [-0.25, -0.2) is 4.98 Å². The second-order valence-corrected chi connectivity index (χ2v) is 8.33. The highest BCUT2D eigenvalue weighted by atomic mass is 35.5. The monoisotopic (exact) mass is 427 g/mol. The highest BCUT2D eigenvalue weighted by Gasteiger charge is 2.28.